The summed E-state index contributed by atoms with van der Waals surface area (Å²) in [6.45, 7) is 6.98. The van der Waals surface area contributed by atoms with E-state index in [-0.39, 0.29) is 17.0 Å². The van der Waals surface area contributed by atoms with E-state index in [1.807, 2.05) is 0 Å². The second-order valence-corrected chi connectivity index (χ2v) is 14.1. The lowest BCUT2D eigenvalue weighted by molar-refractivity contribution is -0.00000684. The zero-order valence-corrected chi connectivity index (χ0v) is 24.5. The van der Waals surface area contributed by atoms with Crippen molar-refractivity contribution >= 4 is 12.6 Å². The predicted molar refractivity (Wildman–Crippen MR) is 148 cm³/mol. The Hall–Kier alpha value is 0.130. The monoisotopic (exact) mass is 526 g/mol. The molecule has 0 saturated carbocycles. The molecular formula is C30H56BrP. The highest BCUT2D eigenvalue weighted by molar-refractivity contribution is 7.82. The third kappa shape index (κ3) is 15.1. The summed E-state index contributed by atoms with van der Waals surface area (Å²) in [4.78, 5) is 0. The van der Waals surface area contributed by atoms with E-state index in [1.165, 1.54) is 134 Å². The first-order valence-corrected chi connectivity index (χ1v) is 16.5. The molecule has 0 saturated heterocycles. The molecule has 0 amide bonds. The van der Waals surface area contributed by atoms with Crippen LogP contribution < -0.4 is 22.3 Å². The molecule has 0 nitrogen and oxygen atoms in total. The highest BCUT2D eigenvalue weighted by atomic mass is 79.9. The molecule has 0 bridgehead atoms. The van der Waals surface area contributed by atoms with Crippen LogP contribution in [0, 0.1) is 0 Å². The second kappa shape index (κ2) is 22.9. The second-order valence-electron chi connectivity index (χ2n) is 9.95. The summed E-state index contributed by atoms with van der Waals surface area (Å²) in [5.74, 6) is 0. The Morgan fingerprint density at radius 3 is 1.09 bits per heavy atom. The van der Waals surface area contributed by atoms with Crippen molar-refractivity contribution in [3.8, 4) is 0 Å². The van der Waals surface area contributed by atoms with Gasteiger partial charge in [0.1, 0.15) is 0 Å². The van der Waals surface area contributed by atoms with E-state index in [2.05, 4.69) is 51.1 Å². The Morgan fingerprint density at radius 2 is 0.750 bits per heavy atom. The number of hydrogen-bond acceptors (Lipinski definition) is 0. The lowest BCUT2D eigenvalue weighted by Gasteiger charge is -2.28. The van der Waals surface area contributed by atoms with Crippen molar-refractivity contribution in [1.29, 1.82) is 0 Å². The van der Waals surface area contributed by atoms with Crippen molar-refractivity contribution in [3.63, 3.8) is 0 Å². The minimum atomic E-state index is -1.02. The average molecular weight is 528 g/mol. The SMILES string of the molecule is CCCCCCCC[P+](CCCCCCCC)(CCCCCCCC)c1ccccc1.[Br-]. The fourth-order valence-electron chi connectivity index (χ4n) is 5.05. The van der Waals surface area contributed by atoms with Gasteiger partial charge in [0.15, 0.2) is 0 Å². The Labute approximate surface area is 214 Å². The third-order valence-corrected chi connectivity index (χ3v) is 12.0. The lowest BCUT2D eigenvalue weighted by atomic mass is 10.1. The summed E-state index contributed by atoms with van der Waals surface area (Å²) < 4.78 is 0. The van der Waals surface area contributed by atoms with Crippen LogP contribution in [0.5, 0.6) is 0 Å². The zero-order chi connectivity index (χ0) is 22.5. The summed E-state index contributed by atoms with van der Waals surface area (Å²) in [5.41, 5.74) is 0. The summed E-state index contributed by atoms with van der Waals surface area (Å²) in [6.07, 6.45) is 30.4. The van der Waals surface area contributed by atoms with Crippen LogP contribution in [0.4, 0.5) is 0 Å². The van der Waals surface area contributed by atoms with Crippen molar-refractivity contribution in [2.75, 3.05) is 18.5 Å². The first-order valence-electron chi connectivity index (χ1n) is 14.2. The minimum absolute atomic E-state index is 0. The van der Waals surface area contributed by atoms with E-state index in [4.69, 9.17) is 0 Å². The molecule has 0 atom stereocenters. The number of hydrogen-bond donors (Lipinski definition) is 0. The van der Waals surface area contributed by atoms with E-state index in [0.717, 1.165) is 0 Å². The summed E-state index contributed by atoms with van der Waals surface area (Å²) in [7, 11) is -1.02. The van der Waals surface area contributed by atoms with Gasteiger partial charge in [0.2, 0.25) is 0 Å². The first kappa shape index (κ1) is 32.1. The molecule has 0 spiro atoms. The van der Waals surface area contributed by atoms with Gasteiger partial charge in [0, 0.05) is 7.26 Å². The van der Waals surface area contributed by atoms with Gasteiger partial charge in [-0.2, -0.15) is 0 Å². The molecule has 0 N–H and O–H groups in total. The smallest absolute Gasteiger partial charge is 0.0939 e. The highest BCUT2D eigenvalue weighted by Crippen LogP contribution is 2.59. The molecule has 0 aliphatic carbocycles. The molecule has 0 aliphatic heterocycles. The Balaban J connectivity index is 0.00000961. The van der Waals surface area contributed by atoms with Crippen LogP contribution in [0.3, 0.4) is 0 Å². The van der Waals surface area contributed by atoms with Crippen LogP contribution in [0.2, 0.25) is 0 Å². The molecule has 1 aromatic carbocycles. The van der Waals surface area contributed by atoms with Crippen LogP contribution >= 0.6 is 7.26 Å². The maximum Gasteiger partial charge on any atom is 0.0939 e. The molecule has 0 aliphatic rings. The van der Waals surface area contributed by atoms with Gasteiger partial charge in [0.25, 0.3) is 0 Å². The number of benzene rings is 1. The third-order valence-electron chi connectivity index (χ3n) is 7.12. The standard InChI is InChI=1S/C30H56P.BrH/c1-4-7-10-13-16-22-27-31(30-25-20-19-21-26-30,28-23-17-14-11-8-5-2)29-24-18-15-12-9-6-3;/h19-21,25-26H,4-18,22-24,27-29H2,1-3H3;1H/q+1;/p-1. The van der Waals surface area contributed by atoms with Crippen molar-refractivity contribution in [1.82, 2.24) is 0 Å². The summed E-state index contributed by atoms with van der Waals surface area (Å²) in [5, 5.41) is 1.76. The van der Waals surface area contributed by atoms with Crippen LogP contribution in [0.15, 0.2) is 30.3 Å². The van der Waals surface area contributed by atoms with Gasteiger partial charge in [-0.15, -0.1) is 0 Å². The first-order chi connectivity index (χ1) is 15.3. The molecule has 1 rings (SSSR count). The fraction of sp³-hybridized carbons (Fsp3) is 0.800. The Kier molecular flexibility index (Phi) is 23.0. The zero-order valence-electron chi connectivity index (χ0n) is 22.1. The molecular weight excluding hydrogens is 471 g/mol. The Morgan fingerprint density at radius 1 is 0.438 bits per heavy atom. The van der Waals surface area contributed by atoms with Crippen molar-refractivity contribution in [3.05, 3.63) is 30.3 Å². The number of unbranched alkanes of at least 4 members (excludes halogenated alkanes) is 15. The van der Waals surface area contributed by atoms with Gasteiger partial charge >= 0.3 is 0 Å². The number of rotatable bonds is 22. The van der Waals surface area contributed by atoms with Gasteiger partial charge < -0.3 is 17.0 Å². The van der Waals surface area contributed by atoms with Crippen LogP contribution in [0.25, 0.3) is 0 Å². The van der Waals surface area contributed by atoms with Gasteiger partial charge in [0.05, 0.1) is 23.8 Å². The normalized spacial score (nSPS) is 11.5. The quantitative estimate of drug-likeness (QED) is 0.109. The molecule has 2 heteroatoms. The molecule has 0 radical (unpaired) electrons. The van der Waals surface area contributed by atoms with Gasteiger partial charge in [-0.1, -0.05) is 116 Å². The minimum Gasteiger partial charge on any atom is -1.00 e. The predicted octanol–water partition coefficient (Wildman–Crippen LogP) is 7.42. The summed E-state index contributed by atoms with van der Waals surface area (Å²) in [6, 6.07) is 11.8. The topological polar surface area (TPSA) is 0 Å². The van der Waals surface area contributed by atoms with Gasteiger partial charge in [-0.25, -0.2) is 0 Å². The van der Waals surface area contributed by atoms with Crippen LogP contribution in [0.1, 0.15) is 136 Å². The van der Waals surface area contributed by atoms with Crippen molar-refractivity contribution in [2.45, 2.75) is 136 Å². The largest absolute Gasteiger partial charge is 1.00 e. The van der Waals surface area contributed by atoms with Gasteiger partial charge in [-0.05, 0) is 50.7 Å². The van der Waals surface area contributed by atoms with Gasteiger partial charge in [-0.3, -0.25) is 0 Å². The van der Waals surface area contributed by atoms with E-state index < -0.39 is 7.26 Å². The van der Waals surface area contributed by atoms with Crippen LogP contribution in [-0.4, -0.2) is 18.5 Å². The molecule has 0 fully saturated rings. The highest BCUT2D eigenvalue weighted by Gasteiger charge is 2.38. The van der Waals surface area contributed by atoms with Crippen LogP contribution in [-0.2, 0) is 0 Å². The molecule has 188 valence electrons. The van der Waals surface area contributed by atoms with E-state index in [1.54, 1.807) is 5.30 Å². The molecule has 32 heavy (non-hydrogen) atoms. The fourth-order valence-corrected chi connectivity index (χ4v) is 9.79. The van der Waals surface area contributed by atoms with Crippen molar-refractivity contribution < 1.29 is 17.0 Å². The van der Waals surface area contributed by atoms with E-state index in [9.17, 15) is 0 Å². The average Bonchev–Trinajstić information content (AvgIpc) is 2.80. The molecule has 0 unspecified atom stereocenters. The van der Waals surface area contributed by atoms with Crippen molar-refractivity contribution in [2.24, 2.45) is 0 Å². The lowest BCUT2D eigenvalue weighted by Crippen LogP contribution is -3.00. The molecule has 0 aromatic heterocycles. The summed E-state index contributed by atoms with van der Waals surface area (Å²) >= 11 is 0. The Bertz CT molecular complexity index is 446. The molecule has 0 heterocycles. The molecule has 1 aromatic rings. The van der Waals surface area contributed by atoms with E-state index >= 15 is 0 Å². The maximum absolute atomic E-state index is 2.50. The number of halogens is 1. The van der Waals surface area contributed by atoms with E-state index in [0.29, 0.717) is 0 Å². The maximum atomic E-state index is 2.50.